The Morgan fingerprint density at radius 3 is 2.54 bits per heavy atom. The summed E-state index contributed by atoms with van der Waals surface area (Å²) < 4.78 is 27.7. The van der Waals surface area contributed by atoms with Crippen molar-refractivity contribution in [3.05, 3.63) is 48.5 Å². The zero-order chi connectivity index (χ0) is 19.5. The molecule has 2 aromatic carbocycles. The SMILES string of the molecule is O=C(CSc1nc2ccccc2n1C(F)F)Nc1ccc(N2CCCC2)cc1. The summed E-state index contributed by atoms with van der Waals surface area (Å²) in [5.74, 6) is -0.254. The summed E-state index contributed by atoms with van der Waals surface area (Å²) in [4.78, 5) is 18.8. The Morgan fingerprint density at radius 2 is 1.82 bits per heavy atom. The number of imidazole rings is 1. The molecule has 4 rings (SSSR count). The fraction of sp³-hybridized carbons (Fsp3) is 0.300. The molecule has 28 heavy (non-hydrogen) atoms. The lowest BCUT2D eigenvalue weighted by Gasteiger charge is -2.17. The van der Waals surface area contributed by atoms with Gasteiger partial charge in [0.2, 0.25) is 5.91 Å². The molecule has 1 amide bonds. The molecule has 1 saturated heterocycles. The number of nitrogens with one attached hydrogen (secondary N) is 1. The fourth-order valence-corrected chi connectivity index (χ4v) is 4.18. The summed E-state index contributed by atoms with van der Waals surface area (Å²) in [5, 5.41) is 2.94. The Balaban J connectivity index is 1.39. The van der Waals surface area contributed by atoms with Crippen molar-refractivity contribution >= 4 is 40.1 Å². The van der Waals surface area contributed by atoms with Crippen LogP contribution in [0.25, 0.3) is 11.0 Å². The first-order valence-corrected chi connectivity index (χ1v) is 10.1. The Bertz CT molecular complexity index is 968. The number of nitrogens with zero attached hydrogens (tertiary/aromatic N) is 3. The number of alkyl halides is 2. The second kappa shape index (κ2) is 8.18. The summed E-state index contributed by atoms with van der Waals surface area (Å²) in [5.41, 5.74) is 2.69. The van der Waals surface area contributed by atoms with Gasteiger partial charge in [0.05, 0.1) is 16.8 Å². The number of aromatic nitrogens is 2. The van der Waals surface area contributed by atoms with E-state index in [1.165, 1.54) is 12.8 Å². The van der Waals surface area contributed by atoms with Crippen LogP contribution in [0.3, 0.4) is 0 Å². The van der Waals surface area contributed by atoms with Crippen molar-refractivity contribution in [1.82, 2.24) is 9.55 Å². The number of hydrogen-bond donors (Lipinski definition) is 1. The molecule has 0 spiro atoms. The van der Waals surface area contributed by atoms with Crippen molar-refractivity contribution in [3.8, 4) is 0 Å². The number of halogens is 2. The Kier molecular flexibility index (Phi) is 5.47. The number of hydrogen-bond acceptors (Lipinski definition) is 4. The van der Waals surface area contributed by atoms with Gasteiger partial charge in [-0.05, 0) is 49.2 Å². The average Bonchev–Trinajstić information content (AvgIpc) is 3.34. The van der Waals surface area contributed by atoms with E-state index in [1.54, 1.807) is 24.3 Å². The number of thioether (sulfide) groups is 1. The molecule has 0 unspecified atom stereocenters. The zero-order valence-electron chi connectivity index (χ0n) is 15.1. The maximum absolute atomic E-state index is 13.4. The summed E-state index contributed by atoms with van der Waals surface area (Å²) >= 11 is 1.00. The number of para-hydroxylation sites is 2. The second-order valence-corrected chi connectivity index (χ2v) is 7.55. The molecule has 0 radical (unpaired) electrons. The van der Waals surface area contributed by atoms with Gasteiger partial charge in [-0.3, -0.25) is 9.36 Å². The fourth-order valence-electron chi connectivity index (χ4n) is 3.37. The van der Waals surface area contributed by atoms with E-state index >= 15 is 0 Å². The van der Waals surface area contributed by atoms with Crippen LogP contribution in [-0.4, -0.2) is 34.3 Å². The van der Waals surface area contributed by atoms with E-state index in [0.29, 0.717) is 16.7 Å². The maximum atomic E-state index is 13.4. The van der Waals surface area contributed by atoms with Crippen molar-refractivity contribution < 1.29 is 13.6 Å². The molecule has 1 aliphatic rings. The van der Waals surface area contributed by atoms with Gasteiger partial charge in [0.1, 0.15) is 0 Å². The number of fused-ring (bicyclic) bond motifs is 1. The molecular formula is C20H20F2N4OS. The molecule has 2 heterocycles. The lowest BCUT2D eigenvalue weighted by molar-refractivity contribution is -0.113. The van der Waals surface area contributed by atoms with E-state index in [9.17, 15) is 13.6 Å². The van der Waals surface area contributed by atoms with E-state index < -0.39 is 6.55 Å². The van der Waals surface area contributed by atoms with Gasteiger partial charge in [-0.15, -0.1) is 0 Å². The van der Waals surface area contributed by atoms with Gasteiger partial charge in [-0.2, -0.15) is 8.78 Å². The monoisotopic (exact) mass is 402 g/mol. The molecule has 1 aliphatic heterocycles. The molecule has 3 aromatic rings. The first kappa shape index (κ1) is 18.7. The summed E-state index contributed by atoms with van der Waals surface area (Å²) in [7, 11) is 0. The standard InChI is InChI=1S/C20H20F2N4OS/c21-19(22)26-17-6-2-1-5-16(17)24-20(26)28-13-18(27)23-14-7-9-15(10-8-14)25-11-3-4-12-25/h1-2,5-10,19H,3-4,11-13H2,(H,23,27). The largest absolute Gasteiger partial charge is 0.372 e. The number of rotatable bonds is 6. The number of benzene rings is 2. The van der Waals surface area contributed by atoms with Crippen LogP contribution in [0.15, 0.2) is 53.7 Å². The highest BCUT2D eigenvalue weighted by Crippen LogP contribution is 2.29. The highest BCUT2D eigenvalue weighted by molar-refractivity contribution is 7.99. The molecule has 146 valence electrons. The quantitative estimate of drug-likeness (QED) is 0.604. The Labute approximate surface area is 165 Å². The van der Waals surface area contributed by atoms with Crippen LogP contribution < -0.4 is 10.2 Å². The van der Waals surface area contributed by atoms with Gasteiger partial charge in [-0.25, -0.2) is 4.98 Å². The molecule has 1 fully saturated rings. The molecular weight excluding hydrogens is 382 g/mol. The molecule has 1 aromatic heterocycles. The van der Waals surface area contributed by atoms with E-state index in [-0.39, 0.29) is 16.8 Å². The van der Waals surface area contributed by atoms with E-state index in [1.807, 2.05) is 24.3 Å². The minimum atomic E-state index is -2.71. The summed E-state index contributed by atoms with van der Waals surface area (Å²) in [6.07, 6.45) is 2.41. The smallest absolute Gasteiger partial charge is 0.321 e. The predicted octanol–water partition coefficient (Wildman–Crippen LogP) is 4.76. The van der Waals surface area contributed by atoms with Gasteiger partial charge in [0, 0.05) is 24.5 Å². The number of carbonyl (C=O) groups is 1. The topological polar surface area (TPSA) is 50.2 Å². The third-order valence-electron chi connectivity index (χ3n) is 4.71. The highest BCUT2D eigenvalue weighted by atomic mass is 32.2. The summed E-state index contributed by atoms with van der Waals surface area (Å²) in [6.45, 7) is -0.586. The normalized spacial score (nSPS) is 14.2. The molecule has 8 heteroatoms. The van der Waals surface area contributed by atoms with Gasteiger partial charge in [-0.1, -0.05) is 23.9 Å². The van der Waals surface area contributed by atoms with Gasteiger partial charge < -0.3 is 10.2 Å². The van der Waals surface area contributed by atoms with Crippen molar-refractivity contribution in [1.29, 1.82) is 0 Å². The van der Waals surface area contributed by atoms with Gasteiger partial charge in [0.25, 0.3) is 0 Å². The van der Waals surface area contributed by atoms with Crippen LogP contribution in [0.1, 0.15) is 19.4 Å². The lowest BCUT2D eigenvalue weighted by Crippen LogP contribution is -2.18. The number of anilines is 2. The van der Waals surface area contributed by atoms with Crippen LogP contribution >= 0.6 is 11.8 Å². The maximum Gasteiger partial charge on any atom is 0.321 e. The molecule has 1 N–H and O–H groups in total. The van der Waals surface area contributed by atoms with Crippen LogP contribution in [0.4, 0.5) is 20.2 Å². The lowest BCUT2D eigenvalue weighted by atomic mass is 10.2. The zero-order valence-corrected chi connectivity index (χ0v) is 16.0. The first-order chi connectivity index (χ1) is 13.6. The van der Waals surface area contributed by atoms with E-state index in [2.05, 4.69) is 15.2 Å². The van der Waals surface area contributed by atoms with Gasteiger partial charge in [0.15, 0.2) is 5.16 Å². The van der Waals surface area contributed by atoms with Crippen LogP contribution in [0.5, 0.6) is 0 Å². The summed E-state index contributed by atoms with van der Waals surface area (Å²) in [6, 6.07) is 14.4. The Hall–Kier alpha value is -2.61. The van der Waals surface area contributed by atoms with Crippen molar-refractivity contribution in [2.45, 2.75) is 24.5 Å². The van der Waals surface area contributed by atoms with E-state index in [0.717, 1.165) is 35.1 Å². The minimum absolute atomic E-state index is 0.00389. The highest BCUT2D eigenvalue weighted by Gasteiger charge is 2.19. The van der Waals surface area contributed by atoms with Crippen molar-refractivity contribution in [3.63, 3.8) is 0 Å². The Morgan fingerprint density at radius 1 is 1.11 bits per heavy atom. The van der Waals surface area contributed by atoms with Crippen molar-refractivity contribution in [2.24, 2.45) is 0 Å². The number of amides is 1. The van der Waals surface area contributed by atoms with Crippen LogP contribution in [0, 0.1) is 0 Å². The third-order valence-corrected chi connectivity index (χ3v) is 5.67. The molecule has 5 nitrogen and oxygen atoms in total. The first-order valence-electron chi connectivity index (χ1n) is 9.14. The van der Waals surface area contributed by atoms with Gasteiger partial charge >= 0.3 is 6.55 Å². The van der Waals surface area contributed by atoms with Crippen LogP contribution in [-0.2, 0) is 4.79 Å². The van der Waals surface area contributed by atoms with Crippen LogP contribution in [0.2, 0.25) is 0 Å². The molecule has 0 aliphatic carbocycles. The van der Waals surface area contributed by atoms with Crippen molar-refractivity contribution in [2.75, 3.05) is 29.1 Å². The molecule has 0 saturated carbocycles. The predicted molar refractivity (Wildman–Crippen MR) is 108 cm³/mol. The second-order valence-electron chi connectivity index (χ2n) is 6.61. The number of carbonyl (C=O) groups excluding carboxylic acids is 1. The average molecular weight is 402 g/mol. The third kappa shape index (κ3) is 3.96. The molecule has 0 atom stereocenters. The van der Waals surface area contributed by atoms with E-state index in [4.69, 9.17) is 0 Å². The minimum Gasteiger partial charge on any atom is -0.372 e. The molecule has 0 bridgehead atoms.